The Balaban J connectivity index is 2.25. The summed E-state index contributed by atoms with van der Waals surface area (Å²) < 4.78 is 28.0. The highest BCUT2D eigenvalue weighted by Crippen LogP contribution is 2.35. The van der Waals surface area contributed by atoms with E-state index in [1.807, 2.05) is 0 Å². The number of alkyl halides is 1. The van der Waals surface area contributed by atoms with E-state index in [9.17, 15) is 8.42 Å². The fraction of sp³-hybridized carbons (Fsp3) is 0.571. The van der Waals surface area contributed by atoms with Gasteiger partial charge in [-0.3, -0.25) is 0 Å². The lowest BCUT2D eigenvalue weighted by molar-refractivity contribution is 0.250. The SMILES string of the molecule is CC1CCC(CBr)(NS(=O)(=O)c2ccc(Cl)c(Cl)c2)CC1. The van der Waals surface area contributed by atoms with Crippen molar-refractivity contribution >= 4 is 49.2 Å². The first kappa shape index (κ1) is 17.5. The Hall–Kier alpha value is 0.190. The zero-order chi connectivity index (χ0) is 15.7. The summed E-state index contributed by atoms with van der Waals surface area (Å²) in [6.07, 6.45) is 3.71. The van der Waals surface area contributed by atoms with Crippen molar-refractivity contribution in [3.8, 4) is 0 Å². The summed E-state index contributed by atoms with van der Waals surface area (Å²) >= 11 is 15.2. The quantitative estimate of drug-likeness (QED) is 0.730. The van der Waals surface area contributed by atoms with Crippen molar-refractivity contribution in [1.82, 2.24) is 4.72 Å². The molecule has 1 aromatic carbocycles. The summed E-state index contributed by atoms with van der Waals surface area (Å²) in [5.74, 6) is 0.645. The minimum Gasteiger partial charge on any atom is -0.207 e. The maximum atomic E-state index is 12.6. The van der Waals surface area contributed by atoms with E-state index in [-0.39, 0.29) is 9.92 Å². The Morgan fingerprint density at radius 2 is 1.90 bits per heavy atom. The number of nitrogens with one attached hydrogen (secondary N) is 1. The molecule has 1 aliphatic carbocycles. The first-order chi connectivity index (χ1) is 9.78. The first-order valence-corrected chi connectivity index (χ1v) is 10.2. The van der Waals surface area contributed by atoms with Crippen molar-refractivity contribution in [3.05, 3.63) is 28.2 Å². The lowest BCUT2D eigenvalue weighted by Gasteiger charge is -2.38. The van der Waals surface area contributed by atoms with Crippen LogP contribution in [-0.2, 0) is 10.0 Å². The molecule has 0 saturated heterocycles. The third-order valence-corrected chi connectivity index (χ3v) is 7.43. The van der Waals surface area contributed by atoms with Gasteiger partial charge in [0.05, 0.1) is 14.9 Å². The van der Waals surface area contributed by atoms with Crippen LogP contribution in [-0.4, -0.2) is 19.3 Å². The summed E-state index contributed by atoms with van der Waals surface area (Å²) in [6, 6.07) is 4.37. The van der Waals surface area contributed by atoms with Gasteiger partial charge in [0.1, 0.15) is 0 Å². The molecule has 118 valence electrons. The van der Waals surface area contributed by atoms with Gasteiger partial charge < -0.3 is 0 Å². The molecule has 0 aliphatic heterocycles. The minimum absolute atomic E-state index is 0.149. The third-order valence-electron chi connectivity index (χ3n) is 4.04. The van der Waals surface area contributed by atoms with E-state index >= 15 is 0 Å². The van der Waals surface area contributed by atoms with Crippen molar-refractivity contribution < 1.29 is 8.42 Å². The highest BCUT2D eigenvalue weighted by atomic mass is 79.9. The number of rotatable bonds is 4. The summed E-state index contributed by atoms with van der Waals surface area (Å²) in [5.41, 5.74) is -0.419. The maximum Gasteiger partial charge on any atom is 0.241 e. The lowest BCUT2D eigenvalue weighted by Crippen LogP contribution is -2.51. The van der Waals surface area contributed by atoms with Gasteiger partial charge in [0, 0.05) is 10.9 Å². The van der Waals surface area contributed by atoms with Crippen LogP contribution in [0.15, 0.2) is 23.1 Å². The Morgan fingerprint density at radius 3 is 2.43 bits per heavy atom. The van der Waals surface area contributed by atoms with E-state index in [0.29, 0.717) is 16.3 Å². The topological polar surface area (TPSA) is 46.2 Å². The molecule has 0 aromatic heterocycles. The Labute approximate surface area is 144 Å². The molecule has 0 unspecified atom stereocenters. The highest BCUT2D eigenvalue weighted by Gasteiger charge is 2.37. The molecule has 1 aliphatic rings. The Kier molecular flexibility index (Phi) is 5.64. The zero-order valence-electron chi connectivity index (χ0n) is 11.7. The van der Waals surface area contributed by atoms with Crippen LogP contribution < -0.4 is 4.72 Å². The summed E-state index contributed by atoms with van der Waals surface area (Å²) in [5, 5.41) is 1.19. The number of benzene rings is 1. The Bertz CT molecular complexity index is 613. The molecule has 1 fully saturated rings. The van der Waals surface area contributed by atoms with Gasteiger partial charge in [0.2, 0.25) is 10.0 Å². The van der Waals surface area contributed by atoms with Crippen LogP contribution in [0.4, 0.5) is 0 Å². The summed E-state index contributed by atoms with van der Waals surface area (Å²) in [7, 11) is -3.61. The highest BCUT2D eigenvalue weighted by molar-refractivity contribution is 9.09. The van der Waals surface area contributed by atoms with Crippen molar-refractivity contribution in [3.63, 3.8) is 0 Å². The smallest absolute Gasteiger partial charge is 0.207 e. The number of hydrogen-bond acceptors (Lipinski definition) is 2. The van der Waals surface area contributed by atoms with E-state index in [0.717, 1.165) is 25.7 Å². The van der Waals surface area contributed by atoms with Crippen molar-refractivity contribution in [2.75, 3.05) is 5.33 Å². The lowest BCUT2D eigenvalue weighted by atomic mass is 9.79. The van der Waals surface area contributed by atoms with Gasteiger partial charge in [-0.05, 0) is 49.8 Å². The molecule has 7 heteroatoms. The van der Waals surface area contributed by atoms with Crippen LogP contribution in [0, 0.1) is 5.92 Å². The van der Waals surface area contributed by atoms with Crippen molar-refractivity contribution in [1.29, 1.82) is 0 Å². The van der Waals surface area contributed by atoms with Gasteiger partial charge in [-0.15, -0.1) is 0 Å². The Morgan fingerprint density at radius 1 is 1.29 bits per heavy atom. The molecule has 0 spiro atoms. The van der Waals surface area contributed by atoms with E-state index in [1.165, 1.54) is 18.2 Å². The molecule has 0 heterocycles. The second-order valence-electron chi connectivity index (χ2n) is 5.78. The molecule has 21 heavy (non-hydrogen) atoms. The third kappa shape index (κ3) is 4.14. The summed E-state index contributed by atoms with van der Waals surface area (Å²) in [4.78, 5) is 0.149. The van der Waals surface area contributed by atoms with Crippen molar-refractivity contribution in [2.45, 2.75) is 43.0 Å². The average molecular weight is 415 g/mol. The second-order valence-corrected chi connectivity index (χ2v) is 8.84. The normalized spacial score (nSPS) is 26.8. The molecule has 0 atom stereocenters. The zero-order valence-corrected chi connectivity index (χ0v) is 15.6. The molecule has 1 aromatic rings. The molecule has 0 amide bonds. The van der Waals surface area contributed by atoms with Crippen LogP contribution in [0.3, 0.4) is 0 Å². The number of halogens is 3. The number of sulfonamides is 1. The van der Waals surface area contributed by atoms with Gasteiger partial charge in [-0.2, -0.15) is 0 Å². The van der Waals surface area contributed by atoms with E-state index in [1.54, 1.807) is 0 Å². The summed E-state index contributed by atoms with van der Waals surface area (Å²) in [6.45, 7) is 2.20. The maximum absolute atomic E-state index is 12.6. The fourth-order valence-electron chi connectivity index (χ4n) is 2.57. The van der Waals surface area contributed by atoms with E-state index in [4.69, 9.17) is 23.2 Å². The molecular weight excluding hydrogens is 397 g/mol. The van der Waals surface area contributed by atoms with Gasteiger partial charge in [0.15, 0.2) is 0 Å². The monoisotopic (exact) mass is 413 g/mol. The van der Waals surface area contributed by atoms with Crippen LogP contribution in [0.25, 0.3) is 0 Å². The average Bonchev–Trinajstić information content (AvgIpc) is 2.44. The molecular formula is C14H18BrCl2NO2S. The van der Waals surface area contributed by atoms with Gasteiger partial charge >= 0.3 is 0 Å². The van der Waals surface area contributed by atoms with Gasteiger partial charge in [-0.1, -0.05) is 46.1 Å². The van der Waals surface area contributed by atoms with Gasteiger partial charge in [-0.25, -0.2) is 13.1 Å². The molecule has 3 nitrogen and oxygen atoms in total. The first-order valence-electron chi connectivity index (χ1n) is 6.83. The molecule has 1 N–H and O–H groups in total. The molecule has 0 radical (unpaired) electrons. The molecule has 1 saturated carbocycles. The second kappa shape index (κ2) is 6.75. The minimum atomic E-state index is -3.61. The fourth-order valence-corrected chi connectivity index (χ4v) is 5.30. The largest absolute Gasteiger partial charge is 0.241 e. The van der Waals surface area contributed by atoms with Crippen molar-refractivity contribution in [2.24, 2.45) is 5.92 Å². The van der Waals surface area contributed by atoms with Crippen LogP contribution >= 0.6 is 39.1 Å². The van der Waals surface area contributed by atoms with Crippen LogP contribution in [0.2, 0.25) is 10.0 Å². The molecule has 2 rings (SSSR count). The van der Waals surface area contributed by atoms with Crippen LogP contribution in [0.1, 0.15) is 32.6 Å². The van der Waals surface area contributed by atoms with E-state index in [2.05, 4.69) is 27.6 Å². The number of hydrogen-bond donors (Lipinski definition) is 1. The molecule has 0 bridgehead atoms. The van der Waals surface area contributed by atoms with Crippen LogP contribution in [0.5, 0.6) is 0 Å². The standard InChI is InChI=1S/C14H18BrCl2NO2S/c1-10-4-6-14(9-15,7-5-10)18-21(19,20)11-2-3-12(16)13(17)8-11/h2-3,8,10,18H,4-7,9H2,1H3. The predicted octanol–water partition coefficient (Wildman–Crippen LogP) is 4.62. The predicted molar refractivity (Wildman–Crippen MR) is 90.9 cm³/mol. The van der Waals surface area contributed by atoms with E-state index < -0.39 is 15.6 Å². The van der Waals surface area contributed by atoms with Gasteiger partial charge in [0.25, 0.3) is 0 Å².